The van der Waals surface area contributed by atoms with Crippen LogP contribution in [0.15, 0.2) is 16.7 Å². The van der Waals surface area contributed by atoms with E-state index in [9.17, 15) is 5.26 Å². The fourth-order valence-corrected chi connectivity index (χ4v) is 2.88. The molecule has 0 radical (unpaired) electrons. The molecule has 2 heterocycles. The quantitative estimate of drug-likeness (QED) is 0.925. The third kappa shape index (κ3) is 3.68. The molecule has 1 aromatic heterocycles. The number of hydrogen-bond donors (Lipinski definition) is 1. The zero-order chi connectivity index (χ0) is 13.7. The van der Waals surface area contributed by atoms with Gasteiger partial charge in [-0.25, -0.2) is 4.98 Å². The SMILES string of the molecule is CNCCC1CCN(c2ncc(Br)cc2C#N)CC1. The number of anilines is 1. The predicted octanol–water partition coefficient (Wildman–Crippen LogP) is 2.54. The van der Waals surface area contributed by atoms with Crippen LogP contribution in [0.4, 0.5) is 5.82 Å². The maximum absolute atomic E-state index is 9.20. The van der Waals surface area contributed by atoms with Crippen LogP contribution in [0.5, 0.6) is 0 Å². The highest BCUT2D eigenvalue weighted by Crippen LogP contribution is 2.27. The number of nitrogens with one attached hydrogen (secondary N) is 1. The van der Waals surface area contributed by atoms with Gasteiger partial charge in [0.2, 0.25) is 0 Å². The molecule has 0 saturated carbocycles. The van der Waals surface area contributed by atoms with Crippen molar-refractivity contribution < 1.29 is 0 Å². The van der Waals surface area contributed by atoms with Gasteiger partial charge in [0, 0.05) is 23.8 Å². The lowest BCUT2D eigenvalue weighted by atomic mass is 9.93. The molecule has 0 unspecified atom stereocenters. The molecule has 0 aliphatic carbocycles. The maximum Gasteiger partial charge on any atom is 0.146 e. The molecular weight excluding hydrogens is 304 g/mol. The third-order valence-corrected chi connectivity index (χ3v) is 4.10. The van der Waals surface area contributed by atoms with Gasteiger partial charge in [-0.2, -0.15) is 5.26 Å². The first-order chi connectivity index (χ1) is 9.24. The van der Waals surface area contributed by atoms with Gasteiger partial charge in [0.05, 0.1) is 5.56 Å². The summed E-state index contributed by atoms with van der Waals surface area (Å²) in [6.07, 6.45) is 5.38. The summed E-state index contributed by atoms with van der Waals surface area (Å²) in [7, 11) is 2.00. The number of hydrogen-bond acceptors (Lipinski definition) is 4. The second-order valence-corrected chi connectivity index (χ2v) is 5.87. The van der Waals surface area contributed by atoms with Crippen molar-refractivity contribution >= 4 is 21.7 Å². The Morgan fingerprint density at radius 1 is 1.53 bits per heavy atom. The van der Waals surface area contributed by atoms with E-state index in [1.54, 1.807) is 6.20 Å². The summed E-state index contributed by atoms with van der Waals surface area (Å²) in [6.45, 7) is 3.08. The largest absolute Gasteiger partial charge is 0.356 e. The Bertz CT molecular complexity index is 461. The van der Waals surface area contributed by atoms with E-state index >= 15 is 0 Å². The van der Waals surface area contributed by atoms with Crippen LogP contribution in [0.1, 0.15) is 24.8 Å². The van der Waals surface area contributed by atoms with Crippen LogP contribution in [-0.4, -0.2) is 31.7 Å². The lowest BCUT2D eigenvalue weighted by molar-refractivity contribution is 0.377. The molecule has 1 aliphatic rings. The number of nitriles is 1. The van der Waals surface area contributed by atoms with Gasteiger partial charge < -0.3 is 10.2 Å². The number of piperidine rings is 1. The van der Waals surface area contributed by atoms with Crippen molar-refractivity contribution in [3.05, 3.63) is 22.3 Å². The lowest BCUT2D eigenvalue weighted by Gasteiger charge is -2.33. The molecule has 5 heteroatoms. The van der Waals surface area contributed by atoms with Crippen molar-refractivity contribution in [2.75, 3.05) is 31.6 Å². The highest BCUT2D eigenvalue weighted by atomic mass is 79.9. The van der Waals surface area contributed by atoms with Crippen LogP contribution >= 0.6 is 15.9 Å². The minimum Gasteiger partial charge on any atom is -0.356 e. The highest BCUT2D eigenvalue weighted by Gasteiger charge is 2.21. The number of halogens is 1. The van der Waals surface area contributed by atoms with Gasteiger partial charge in [-0.05, 0) is 60.8 Å². The Kier molecular flexibility index (Phi) is 5.17. The van der Waals surface area contributed by atoms with E-state index in [2.05, 4.69) is 37.2 Å². The molecule has 0 spiro atoms. The first-order valence-electron chi connectivity index (χ1n) is 6.69. The molecule has 4 nitrogen and oxygen atoms in total. The van der Waals surface area contributed by atoms with E-state index in [1.165, 1.54) is 19.3 Å². The molecular formula is C14H19BrN4. The number of aromatic nitrogens is 1. The molecule has 2 rings (SSSR count). The summed E-state index contributed by atoms with van der Waals surface area (Å²) in [6, 6.07) is 4.08. The minimum absolute atomic E-state index is 0.656. The molecule has 102 valence electrons. The Morgan fingerprint density at radius 2 is 2.26 bits per heavy atom. The average Bonchev–Trinajstić information content (AvgIpc) is 2.45. The van der Waals surface area contributed by atoms with E-state index < -0.39 is 0 Å². The second kappa shape index (κ2) is 6.88. The molecule has 1 aliphatic heterocycles. The topological polar surface area (TPSA) is 52.0 Å². The molecule has 1 saturated heterocycles. The van der Waals surface area contributed by atoms with Gasteiger partial charge >= 0.3 is 0 Å². The van der Waals surface area contributed by atoms with Crippen LogP contribution in [-0.2, 0) is 0 Å². The maximum atomic E-state index is 9.20. The summed E-state index contributed by atoms with van der Waals surface area (Å²) >= 11 is 3.36. The van der Waals surface area contributed by atoms with Crippen LogP contribution < -0.4 is 10.2 Å². The monoisotopic (exact) mass is 322 g/mol. The summed E-state index contributed by atoms with van der Waals surface area (Å²) < 4.78 is 0.858. The van der Waals surface area contributed by atoms with Crippen LogP contribution in [0.25, 0.3) is 0 Å². The standard InChI is InChI=1S/C14H19BrN4/c1-17-5-2-11-3-6-19(7-4-11)14-12(9-16)8-13(15)10-18-14/h8,10-11,17H,2-7H2,1H3. The molecule has 19 heavy (non-hydrogen) atoms. The number of nitrogens with zero attached hydrogens (tertiary/aromatic N) is 3. The summed E-state index contributed by atoms with van der Waals surface area (Å²) in [5.74, 6) is 1.63. The molecule has 0 amide bonds. The third-order valence-electron chi connectivity index (χ3n) is 3.67. The normalized spacial score (nSPS) is 16.4. The Hall–Kier alpha value is -1.12. The van der Waals surface area contributed by atoms with E-state index in [-0.39, 0.29) is 0 Å². The van der Waals surface area contributed by atoms with Gasteiger partial charge in [0.25, 0.3) is 0 Å². The molecule has 0 atom stereocenters. The Labute approximate surface area is 122 Å². The van der Waals surface area contributed by atoms with Gasteiger partial charge in [0.1, 0.15) is 11.9 Å². The van der Waals surface area contributed by atoms with E-state index in [4.69, 9.17) is 0 Å². The minimum atomic E-state index is 0.656. The van der Waals surface area contributed by atoms with E-state index in [0.717, 1.165) is 35.8 Å². The van der Waals surface area contributed by atoms with Crippen molar-refractivity contribution in [2.45, 2.75) is 19.3 Å². The zero-order valence-electron chi connectivity index (χ0n) is 11.2. The summed E-state index contributed by atoms with van der Waals surface area (Å²) in [4.78, 5) is 6.64. The first-order valence-corrected chi connectivity index (χ1v) is 7.49. The number of pyridine rings is 1. The summed E-state index contributed by atoms with van der Waals surface area (Å²) in [5, 5.41) is 12.4. The predicted molar refractivity (Wildman–Crippen MR) is 80.1 cm³/mol. The molecule has 1 fully saturated rings. The van der Waals surface area contributed by atoms with Gasteiger partial charge in [0.15, 0.2) is 0 Å². The van der Waals surface area contributed by atoms with Crippen LogP contribution in [0, 0.1) is 17.2 Å². The highest BCUT2D eigenvalue weighted by molar-refractivity contribution is 9.10. The van der Waals surface area contributed by atoms with Crippen LogP contribution in [0.3, 0.4) is 0 Å². The zero-order valence-corrected chi connectivity index (χ0v) is 12.8. The first kappa shape index (κ1) is 14.3. The summed E-state index contributed by atoms with van der Waals surface area (Å²) in [5.41, 5.74) is 0.656. The molecule has 0 aromatic carbocycles. The van der Waals surface area contributed by atoms with Crippen molar-refractivity contribution in [3.63, 3.8) is 0 Å². The smallest absolute Gasteiger partial charge is 0.146 e. The Balaban J connectivity index is 2.00. The second-order valence-electron chi connectivity index (χ2n) is 4.96. The van der Waals surface area contributed by atoms with E-state index in [0.29, 0.717) is 5.56 Å². The van der Waals surface area contributed by atoms with Crippen LogP contribution in [0.2, 0.25) is 0 Å². The van der Waals surface area contributed by atoms with Gasteiger partial charge in [-0.3, -0.25) is 0 Å². The van der Waals surface area contributed by atoms with Crippen molar-refractivity contribution in [1.29, 1.82) is 5.26 Å². The van der Waals surface area contributed by atoms with Gasteiger partial charge in [-0.1, -0.05) is 0 Å². The molecule has 0 bridgehead atoms. The fourth-order valence-electron chi connectivity index (χ4n) is 2.55. The molecule has 1 N–H and O–H groups in total. The molecule has 1 aromatic rings. The van der Waals surface area contributed by atoms with Crippen molar-refractivity contribution in [1.82, 2.24) is 10.3 Å². The van der Waals surface area contributed by atoms with Crippen molar-refractivity contribution in [2.24, 2.45) is 5.92 Å². The van der Waals surface area contributed by atoms with E-state index in [1.807, 2.05) is 13.1 Å². The number of rotatable bonds is 4. The lowest BCUT2D eigenvalue weighted by Crippen LogP contribution is -2.35. The van der Waals surface area contributed by atoms with Gasteiger partial charge in [-0.15, -0.1) is 0 Å². The fraction of sp³-hybridized carbons (Fsp3) is 0.571. The van der Waals surface area contributed by atoms with Crippen molar-refractivity contribution in [3.8, 4) is 6.07 Å². The average molecular weight is 323 g/mol. The Morgan fingerprint density at radius 3 is 2.89 bits per heavy atom.